The number of nitrogens with one attached hydrogen (secondary N) is 2. The fourth-order valence-corrected chi connectivity index (χ4v) is 2.04. The molecule has 7 heteroatoms. The minimum absolute atomic E-state index is 0.123. The lowest BCUT2D eigenvalue weighted by molar-refractivity contribution is -0.116. The van der Waals surface area contributed by atoms with Crippen molar-refractivity contribution in [3.8, 4) is 5.88 Å². The highest BCUT2D eigenvalue weighted by Crippen LogP contribution is 2.26. The lowest BCUT2D eigenvalue weighted by Gasteiger charge is -2.17. The van der Waals surface area contributed by atoms with E-state index in [-0.39, 0.29) is 12.5 Å². The van der Waals surface area contributed by atoms with E-state index in [0.717, 1.165) is 10.9 Å². The standard InChI is InChI=1S/C16H22N4O3/c1-4-17-12(21)7-5-6-11-8-18-14-13(11)15(20-10-19-14)23-9-16(2,3)22/h5,7-8,10,22H,4,6,9H2,1-3H3,(H,17,21)(H,18,19,20). The molecule has 0 radical (unpaired) electrons. The van der Waals surface area contributed by atoms with Gasteiger partial charge in [0, 0.05) is 12.7 Å². The number of allylic oxidation sites excluding steroid dienone is 1. The lowest BCUT2D eigenvalue weighted by Crippen LogP contribution is -2.28. The van der Waals surface area contributed by atoms with E-state index < -0.39 is 5.60 Å². The number of rotatable bonds is 7. The van der Waals surface area contributed by atoms with E-state index in [0.29, 0.717) is 24.5 Å². The van der Waals surface area contributed by atoms with Crippen molar-refractivity contribution in [2.75, 3.05) is 13.2 Å². The Balaban J connectivity index is 2.19. The molecule has 0 aliphatic rings. The number of carbonyl (C=O) groups excluding carboxylic acids is 1. The number of H-pyrrole nitrogens is 1. The van der Waals surface area contributed by atoms with Gasteiger partial charge in [-0.1, -0.05) is 6.08 Å². The van der Waals surface area contributed by atoms with Gasteiger partial charge in [-0.05, 0) is 38.8 Å². The summed E-state index contributed by atoms with van der Waals surface area (Å²) in [6.07, 6.45) is 7.05. The second-order valence-corrected chi connectivity index (χ2v) is 5.82. The highest BCUT2D eigenvalue weighted by Gasteiger charge is 2.17. The quantitative estimate of drug-likeness (QED) is 0.669. The SMILES string of the molecule is CCNC(=O)C=CCc1c[nH]c2ncnc(OCC(C)(C)O)c12. The van der Waals surface area contributed by atoms with Crippen LogP contribution >= 0.6 is 0 Å². The molecule has 0 saturated carbocycles. The van der Waals surface area contributed by atoms with Gasteiger partial charge < -0.3 is 20.1 Å². The molecule has 3 N–H and O–H groups in total. The van der Waals surface area contributed by atoms with Gasteiger partial charge in [-0.25, -0.2) is 9.97 Å². The molecule has 124 valence electrons. The Labute approximate surface area is 134 Å². The van der Waals surface area contributed by atoms with E-state index in [9.17, 15) is 9.90 Å². The summed E-state index contributed by atoms with van der Waals surface area (Å²) in [5.41, 5.74) is 0.630. The molecule has 0 spiro atoms. The molecule has 1 amide bonds. The van der Waals surface area contributed by atoms with Crippen LogP contribution in [0, 0.1) is 0 Å². The Bertz CT molecular complexity index is 701. The molecule has 0 saturated heterocycles. The maximum Gasteiger partial charge on any atom is 0.243 e. The summed E-state index contributed by atoms with van der Waals surface area (Å²) in [5, 5.41) is 13.3. The largest absolute Gasteiger partial charge is 0.474 e. The third kappa shape index (κ3) is 4.79. The van der Waals surface area contributed by atoms with Crippen LogP contribution in [0.25, 0.3) is 11.0 Å². The molecule has 0 fully saturated rings. The topological polar surface area (TPSA) is 100 Å². The first-order valence-electron chi connectivity index (χ1n) is 7.51. The third-order valence-corrected chi connectivity index (χ3v) is 3.04. The first kappa shape index (κ1) is 17.0. The summed E-state index contributed by atoms with van der Waals surface area (Å²) < 4.78 is 5.62. The number of ether oxygens (including phenoxy) is 1. The Kier molecular flexibility index (Phi) is 5.33. The molecular weight excluding hydrogens is 296 g/mol. The second-order valence-electron chi connectivity index (χ2n) is 5.82. The van der Waals surface area contributed by atoms with Gasteiger partial charge in [0.05, 0.1) is 11.0 Å². The first-order valence-corrected chi connectivity index (χ1v) is 7.51. The summed E-state index contributed by atoms with van der Waals surface area (Å²) in [5.74, 6) is 0.293. The predicted octanol–water partition coefficient (Wildman–Crippen LogP) is 1.34. The molecule has 2 aromatic heterocycles. The molecule has 7 nitrogen and oxygen atoms in total. The minimum Gasteiger partial charge on any atom is -0.474 e. The van der Waals surface area contributed by atoms with Gasteiger partial charge >= 0.3 is 0 Å². The average molecular weight is 318 g/mol. The fourth-order valence-electron chi connectivity index (χ4n) is 2.04. The van der Waals surface area contributed by atoms with Crippen molar-refractivity contribution in [1.82, 2.24) is 20.3 Å². The van der Waals surface area contributed by atoms with Gasteiger partial charge in [0.25, 0.3) is 0 Å². The van der Waals surface area contributed by atoms with Crippen LogP contribution in [0.15, 0.2) is 24.7 Å². The van der Waals surface area contributed by atoms with E-state index in [4.69, 9.17) is 4.74 Å². The van der Waals surface area contributed by atoms with E-state index in [2.05, 4.69) is 20.3 Å². The fraction of sp³-hybridized carbons (Fsp3) is 0.438. The summed E-state index contributed by atoms with van der Waals surface area (Å²) >= 11 is 0. The summed E-state index contributed by atoms with van der Waals surface area (Å²) in [7, 11) is 0. The van der Waals surface area contributed by atoms with Crippen molar-refractivity contribution in [2.45, 2.75) is 32.8 Å². The van der Waals surface area contributed by atoms with E-state index in [1.54, 1.807) is 19.9 Å². The maximum atomic E-state index is 11.4. The van der Waals surface area contributed by atoms with Crippen molar-refractivity contribution < 1.29 is 14.6 Å². The van der Waals surface area contributed by atoms with Crippen molar-refractivity contribution >= 4 is 16.9 Å². The Morgan fingerprint density at radius 3 is 2.96 bits per heavy atom. The van der Waals surface area contributed by atoms with Gasteiger partial charge in [0.2, 0.25) is 11.8 Å². The van der Waals surface area contributed by atoms with Crippen LogP contribution in [-0.2, 0) is 11.2 Å². The van der Waals surface area contributed by atoms with Gasteiger partial charge in [-0.15, -0.1) is 0 Å². The van der Waals surface area contributed by atoms with Crippen LogP contribution in [0.1, 0.15) is 26.3 Å². The molecule has 0 unspecified atom stereocenters. The molecule has 23 heavy (non-hydrogen) atoms. The zero-order valence-electron chi connectivity index (χ0n) is 13.6. The predicted molar refractivity (Wildman–Crippen MR) is 87.2 cm³/mol. The molecule has 2 rings (SSSR count). The summed E-state index contributed by atoms with van der Waals surface area (Å²) in [6, 6.07) is 0. The van der Waals surface area contributed by atoms with E-state index >= 15 is 0 Å². The maximum absolute atomic E-state index is 11.4. The number of aromatic nitrogens is 3. The second kappa shape index (κ2) is 7.23. The number of hydrogen-bond acceptors (Lipinski definition) is 5. The normalized spacial score (nSPS) is 12.0. The van der Waals surface area contributed by atoms with Crippen molar-refractivity contribution in [3.63, 3.8) is 0 Å². The van der Waals surface area contributed by atoms with E-state index in [1.165, 1.54) is 12.4 Å². The van der Waals surface area contributed by atoms with Gasteiger partial charge in [0.1, 0.15) is 18.6 Å². The molecule has 0 aromatic carbocycles. The molecule has 0 atom stereocenters. The zero-order valence-corrected chi connectivity index (χ0v) is 13.6. The molecular formula is C16H22N4O3. The number of hydrogen-bond donors (Lipinski definition) is 3. The van der Waals surface area contributed by atoms with Crippen LogP contribution in [0.4, 0.5) is 0 Å². The highest BCUT2D eigenvalue weighted by molar-refractivity contribution is 5.88. The minimum atomic E-state index is -0.952. The first-order chi connectivity index (χ1) is 10.9. The molecule has 2 aromatic rings. The summed E-state index contributed by atoms with van der Waals surface area (Å²) in [4.78, 5) is 22.8. The molecule has 0 aliphatic carbocycles. The van der Waals surface area contributed by atoms with Gasteiger partial charge in [0.15, 0.2) is 0 Å². The Hall–Kier alpha value is -2.41. The highest BCUT2D eigenvalue weighted by atomic mass is 16.5. The Morgan fingerprint density at radius 1 is 1.48 bits per heavy atom. The Morgan fingerprint density at radius 2 is 2.26 bits per heavy atom. The van der Waals surface area contributed by atoms with Crippen LogP contribution < -0.4 is 10.1 Å². The van der Waals surface area contributed by atoms with Gasteiger partial charge in [-0.2, -0.15) is 0 Å². The third-order valence-electron chi connectivity index (χ3n) is 3.04. The lowest BCUT2D eigenvalue weighted by atomic mass is 10.1. The number of likely N-dealkylation sites (N-methyl/N-ethyl adjacent to an activating group) is 1. The number of nitrogens with zero attached hydrogens (tertiary/aromatic N) is 2. The number of amides is 1. The number of aromatic amines is 1. The molecule has 0 aliphatic heterocycles. The van der Waals surface area contributed by atoms with Crippen LogP contribution in [0.5, 0.6) is 5.88 Å². The van der Waals surface area contributed by atoms with E-state index in [1.807, 2.05) is 13.1 Å². The van der Waals surface area contributed by atoms with Gasteiger partial charge in [-0.3, -0.25) is 4.79 Å². The number of aliphatic hydroxyl groups is 1. The number of carbonyl (C=O) groups is 1. The smallest absolute Gasteiger partial charge is 0.243 e. The van der Waals surface area contributed by atoms with Crippen LogP contribution in [0.3, 0.4) is 0 Å². The average Bonchev–Trinajstić information content (AvgIpc) is 2.88. The van der Waals surface area contributed by atoms with Crippen LogP contribution in [-0.4, -0.2) is 44.7 Å². The van der Waals surface area contributed by atoms with Crippen molar-refractivity contribution in [2.24, 2.45) is 0 Å². The number of fused-ring (bicyclic) bond motifs is 1. The van der Waals surface area contributed by atoms with Crippen LogP contribution in [0.2, 0.25) is 0 Å². The molecule has 0 bridgehead atoms. The monoisotopic (exact) mass is 318 g/mol. The van der Waals surface area contributed by atoms with Crippen molar-refractivity contribution in [3.05, 3.63) is 30.2 Å². The zero-order chi connectivity index (χ0) is 16.9. The summed E-state index contributed by atoms with van der Waals surface area (Å²) in [6.45, 7) is 5.92. The molecule has 2 heterocycles. The van der Waals surface area contributed by atoms with Crippen molar-refractivity contribution in [1.29, 1.82) is 0 Å².